The van der Waals surface area contributed by atoms with E-state index in [0.29, 0.717) is 0 Å². The zero-order chi connectivity index (χ0) is 15.8. The van der Waals surface area contributed by atoms with Crippen molar-refractivity contribution in [3.8, 4) is 0 Å². The number of amides is 3. The van der Waals surface area contributed by atoms with E-state index in [0.717, 1.165) is 0 Å². The highest BCUT2D eigenvalue weighted by Gasteiger charge is 2.24. The summed E-state index contributed by atoms with van der Waals surface area (Å²) in [4.78, 5) is 33.1. The highest BCUT2D eigenvalue weighted by atomic mass is 16.4. The topological polar surface area (TPSA) is 128 Å². The predicted octanol–water partition coefficient (Wildman–Crippen LogP) is -0.574. The maximum absolute atomic E-state index is 11.4. The molecule has 5 N–H and O–H groups in total. The molecule has 0 aromatic heterocycles. The van der Waals surface area contributed by atoms with E-state index in [1.807, 2.05) is 13.8 Å². The number of rotatable bonds is 8. The summed E-state index contributed by atoms with van der Waals surface area (Å²) in [5.74, 6) is -1.32. The van der Waals surface area contributed by atoms with Gasteiger partial charge < -0.3 is 26.2 Å². The van der Waals surface area contributed by atoms with Gasteiger partial charge in [0.25, 0.3) is 0 Å². The molecule has 0 aliphatic rings. The van der Waals surface area contributed by atoms with E-state index in [1.165, 1.54) is 6.92 Å². The van der Waals surface area contributed by atoms with Crippen LogP contribution >= 0.6 is 0 Å². The number of hydrogen-bond donors (Lipinski definition) is 5. The van der Waals surface area contributed by atoms with E-state index in [-0.39, 0.29) is 31.5 Å². The van der Waals surface area contributed by atoms with Crippen molar-refractivity contribution in [1.82, 2.24) is 16.0 Å². The number of nitrogens with one attached hydrogen (secondary N) is 3. The van der Waals surface area contributed by atoms with Gasteiger partial charge >= 0.3 is 12.0 Å². The van der Waals surface area contributed by atoms with Crippen molar-refractivity contribution in [1.29, 1.82) is 0 Å². The van der Waals surface area contributed by atoms with Crippen LogP contribution in [0.25, 0.3) is 0 Å². The van der Waals surface area contributed by atoms with Crippen molar-refractivity contribution in [2.75, 3.05) is 13.1 Å². The molecule has 0 aliphatic heterocycles. The van der Waals surface area contributed by atoms with E-state index < -0.39 is 24.0 Å². The molecule has 0 aromatic carbocycles. The van der Waals surface area contributed by atoms with Crippen molar-refractivity contribution in [3.63, 3.8) is 0 Å². The maximum atomic E-state index is 11.4. The second-order valence-corrected chi connectivity index (χ2v) is 5.15. The second kappa shape index (κ2) is 8.36. The third-order valence-corrected chi connectivity index (χ3v) is 2.25. The van der Waals surface area contributed by atoms with E-state index in [4.69, 9.17) is 5.11 Å². The first-order valence-electron chi connectivity index (χ1n) is 6.37. The molecule has 0 rings (SSSR count). The van der Waals surface area contributed by atoms with Gasteiger partial charge in [0, 0.05) is 25.6 Å². The molecule has 0 saturated heterocycles. The van der Waals surface area contributed by atoms with Crippen LogP contribution in [0.15, 0.2) is 0 Å². The van der Waals surface area contributed by atoms with Gasteiger partial charge in [-0.3, -0.25) is 9.59 Å². The molecule has 0 radical (unpaired) electrons. The monoisotopic (exact) mass is 289 g/mol. The third kappa shape index (κ3) is 10.1. The minimum Gasteiger partial charge on any atom is -0.481 e. The molecule has 3 amide bonds. The van der Waals surface area contributed by atoms with Gasteiger partial charge in [-0.25, -0.2) is 4.79 Å². The zero-order valence-corrected chi connectivity index (χ0v) is 12.0. The minimum atomic E-state index is -1.52. The Bertz CT molecular complexity index is 355. The molecule has 116 valence electrons. The third-order valence-electron chi connectivity index (χ3n) is 2.25. The Labute approximate surface area is 117 Å². The van der Waals surface area contributed by atoms with Crippen LogP contribution in [0.1, 0.15) is 33.6 Å². The fraction of sp³-hybridized carbons (Fsp3) is 0.750. The van der Waals surface area contributed by atoms with E-state index >= 15 is 0 Å². The van der Waals surface area contributed by atoms with Crippen LogP contribution in [-0.4, -0.2) is 52.9 Å². The highest BCUT2D eigenvalue weighted by Crippen LogP contribution is 2.06. The summed E-state index contributed by atoms with van der Waals surface area (Å²) in [6, 6.07) is -0.518. The van der Waals surface area contributed by atoms with Crippen molar-refractivity contribution >= 4 is 17.9 Å². The SMILES string of the molecule is CC(C)NC(=O)CCNC(=O)NCC(C)(O)CC(=O)O. The molecule has 8 nitrogen and oxygen atoms in total. The quantitative estimate of drug-likeness (QED) is 0.409. The van der Waals surface area contributed by atoms with Gasteiger partial charge in [0.1, 0.15) is 0 Å². The summed E-state index contributed by atoms with van der Waals surface area (Å²) >= 11 is 0. The fourth-order valence-corrected chi connectivity index (χ4v) is 1.41. The molecule has 0 aliphatic carbocycles. The summed E-state index contributed by atoms with van der Waals surface area (Å²) in [7, 11) is 0. The molecule has 20 heavy (non-hydrogen) atoms. The highest BCUT2D eigenvalue weighted by molar-refractivity contribution is 5.78. The van der Waals surface area contributed by atoms with Crippen LogP contribution in [0.4, 0.5) is 4.79 Å². The fourth-order valence-electron chi connectivity index (χ4n) is 1.41. The summed E-state index contributed by atoms with van der Waals surface area (Å²) in [6.07, 6.45) is -0.318. The number of carbonyl (C=O) groups is 3. The summed E-state index contributed by atoms with van der Waals surface area (Å²) in [6.45, 7) is 4.96. The molecule has 0 aromatic rings. The maximum Gasteiger partial charge on any atom is 0.314 e. The van der Waals surface area contributed by atoms with E-state index in [9.17, 15) is 19.5 Å². The molecular formula is C12H23N3O5. The summed E-state index contributed by atoms with van der Waals surface area (Å²) < 4.78 is 0. The standard InChI is InChI=1S/C12H23N3O5/c1-8(2)15-9(16)4-5-13-11(19)14-7-12(3,20)6-10(17)18/h8,20H,4-7H2,1-3H3,(H,15,16)(H,17,18)(H2,13,14,19). The molecule has 8 heteroatoms. The number of aliphatic carboxylic acids is 1. The van der Waals surface area contributed by atoms with Gasteiger partial charge in [-0.2, -0.15) is 0 Å². The number of carboxylic acids is 1. The molecule has 0 fully saturated rings. The second-order valence-electron chi connectivity index (χ2n) is 5.15. The van der Waals surface area contributed by atoms with Crippen molar-refractivity contribution in [2.45, 2.75) is 45.3 Å². The van der Waals surface area contributed by atoms with Gasteiger partial charge in [0.05, 0.1) is 12.0 Å². The predicted molar refractivity (Wildman–Crippen MR) is 72.2 cm³/mol. The van der Waals surface area contributed by atoms with Crippen LogP contribution in [-0.2, 0) is 9.59 Å². The molecule has 0 spiro atoms. The smallest absolute Gasteiger partial charge is 0.314 e. The Morgan fingerprint density at radius 1 is 1.20 bits per heavy atom. The lowest BCUT2D eigenvalue weighted by molar-refractivity contribution is -0.141. The van der Waals surface area contributed by atoms with Crippen LogP contribution in [0.2, 0.25) is 0 Å². The molecule has 0 saturated carbocycles. The van der Waals surface area contributed by atoms with Crippen molar-refractivity contribution in [3.05, 3.63) is 0 Å². The molecular weight excluding hydrogens is 266 g/mol. The lowest BCUT2D eigenvalue weighted by Gasteiger charge is -2.21. The minimum absolute atomic E-state index is 0.0439. The van der Waals surface area contributed by atoms with Crippen LogP contribution < -0.4 is 16.0 Å². The Hall–Kier alpha value is -1.83. The number of hydrogen-bond acceptors (Lipinski definition) is 4. The van der Waals surface area contributed by atoms with Gasteiger partial charge in [-0.15, -0.1) is 0 Å². The number of carboxylic acid groups (broad SMARTS) is 1. The first-order valence-corrected chi connectivity index (χ1v) is 6.37. The number of carbonyl (C=O) groups excluding carboxylic acids is 2. The van der Waals surface area contributed by atoms with Gasteiger partial charge in [0.15, 0.2) is 0 Å². The van der Waals surface area contributed by atoms with Crippen molar-refractivity contribution < 1.29 is 24.6 Å². The Morgan fingerprint density at radius 2 is 1.80 bits per heavy atom. The van der Waals surface area contributed by atoms with E-state index in [2.05, 4.69) is 16.0 Å². The normalized spacial score (nSPS) is 13.4. The molecule has 1 unspecified atom stereocenters. The average molecular weight is 289 g/mol. The van der Waals surface area contributed by atoms with Crippen LogP contribution in [0.3, 0.4) is 0 Å². The summed E-state index contributed by atoms with van der Waals surface area (Å²) in [5, 5.41) is 25.7. The number of aliphatic hydroxyl groups is 1. The van der Waals surface area contributed by atoms with E-state index in [1.54, 1.807) is 0 Å². The first-order chi connectivity index (χ1) is 9.12. The lowest BCUT2D eigenvalue weighted by atomic mass is 10.0. The van der Waals surface area contributed by atoms with Crippen LogP contribution in [0, 0.1) is 0 Å². The molecule has 0 heterocycles. The average Bonchev–Trinajstić information content (AvgIpc) is 2.23. The Kier molecular flexibility index (Phi) is 7.60. The molecule has 0 bridgehead atoms. The largest absolute Gasteiger partial charge is 0.481 e. The lowest BCUT2D eigenvalue weighted by Crippen LogP contribution is -2.46. The zero-order valence-electron chi connectivity index (χ0n) is 12.0. The van der Waals surface area contributed by atoms with Crippen LogP contribution in [0.5, 0.6) is 0 Å². The summed E-state index contributed by atoms with van der Waals surface area (Å²) in [5.41, 5.74) is -1.52. The molecule has 1 atom stereocenters. The Morgan fingerprint density at radius 3 is 2.30 bits per heavy atom. The van der Waals surface area contributed by atoms with Crippen molar-refractivity contribution in [2.24, 2.45) is 0 Å². The first kappa shape index (κ1) is 18.2. The van der Waals surface area contributed by atoms with Gasteiger partial charge in [-0.1, -0.05) is 0 Å². The Balaban J connectivity index is 3.84. The van der Waals surface area contributed by atoms with Gasteiger partial charge in [0.2, 0.25) is 5.91 Å². The number of urea groups is 1. The van der Waals surface area contributed by atoms with Gasteiger partial charge in [-0.05, 0) is 20.8 Å².